The zero-order chi connectivity index (χ0) is 18.2. The van der Waals surface area contributed by atoms with Crippen molar-refractivity contribution in [3.63, 3.8) is 0 Å². The molecule has 1 saturated heterocycles. The van der Waals surface area contributed by atoms with Crippen LogP contribution in [0.25, 0.3) is 5.69 Å². The van der Waals surface area contributed by atoms with E-state index in [1.54, 1.807) is 29.9 Å². The predicted octanol–water partition coefficient (Wildman–Crippen LogP) is 2.92. The molecule has 1 aliphatic rings. The molecule has 1 aromatic heterocycles. The molecule has 2 N–H and O–H groups in total. The molecular weight excluding hydrogens is 369 g/mol. The summed E-state index contributed by atoms with van der Waals surface area (Å²) in [5.74, 6) is -3.65. The van der Waals surface area contributed by atoms with E-state index in [4.69, 9.17) is 0 Å². The Kier molecular flexibility index (Phi) is 5.98. The zero-order valence-electron chi connectivity index (χ0n) is 14.3. The van der Waals surface area contributed by atoms with E-state index in [1.165, 1.54) is 12.1 Å². The fourth-order valence-corrected chi connectivity index (χ4v) is 2.98. The minimum Gasteiger partial charge on any atom is -0.348 e. The molecule has 5 nitrogen and oxygen atoms in total. The highest BCUT2D eigenvalue weighted by Crippen LogP contribution is 2.26. The molecule has 0 radical (unpaired) electrons. The SMILES string of the molecule is Cc1c(C(C)NC(=O)C2CC(F)(F)CN2)cnn1-c1ccc(F)cc1.Cl. The van der Waals surface area contributed by atoms with E-state index in [0.29, 0.717) is 5.69 Å². The molecule has 1 aromatic carbocycles. The van der Waals surface area contributed by atoms with Gasteiger partial charge in [0, 0.05) is 17.7 Å². The van der Waals surface area contributed by atoms with E-state index >= 15 is 0 Å². The van der Waals surface area contributed by atoms with E-state index in [1.807, 2.05) is 6.92 Å². The molecule has 2 atom stereocenters. The summed E-state index contributed by atoms with van der Waals surface area (Å²) in [4.78, 5) is 12.2. The normalized spacial score (nSPS) is 19.7. The van der Waals surface area contributed by atoms with Crippen molar-refractivity contribution >= 4 is 18.3 Å². The third-order valence-corrected chi connectivity index (χ3v) is 4.37. The molecule has 1 amide bonds. The van der Waals surface area contributed by atoms with E-state index < -0.39 is 36.9 Å². The van der Waals surface area contributed by atoms with Crippen molar-refractivity contribution in [3.05, 3.63) is 47.5 Å². The van der Waals surface area contributed by atoms with Gasteiger partial charge in [0.1, 0.15) is 5.82 Å². The summed E-state index contributed by atoms with van der Waals surface area (Å²) >= 11 is 0. The van der Waals surface area contributed by atoms with Crippen LogP contribution in [0.1, 0.15) is 30.6 Å². The van der Waals surface area contributed by atoms with Crippen molar-refractivity contribution in [1.82, 2.24) is 20.4 Å². The van der Waals surface area contributed by atoms with E-state index in [-0.39, 0.29) is 18.2 Å². The Hall–Kier alpha value is -2.06. The van der Waals surface area contributed by atoms with Gasteiger partial charge in [-0.3, -0.25) is 10.1 Å². The van der Waals surface area contributed by atoms with Crippen LogP contribution >= 0.6 is 12.4 Å². The maximum Gasteiger partial charge on any atom is 0.262 e. The number of nitrogens with one attached hydrogen (secondary N) is 2. The summed E-state index contributed by atoms with van der Waals surface area (Å²) in [6.45, 7) is 3.11. The second-order valence-corrected chi connectivity index (χ2v) is 6.30. The van der Waals surface area contributed by atoms with Crippen molar-refractivity contribution in [2.45, 2.75) is 38.3 Å². The smallest absolute Gasteiger partial charge is 0.262 e. The largest absolute Gasteiger partial charge is 0.348 e. The topological polar surface area (TPSA) is 59.0 Å². The molecule has 2 unspecified atom stereocenters. The second kappa shape index (κ2) is 7.67. The summed E-state index contributed by atoms with van der Waals surface area (Å²) in [6.07, 6.45) is 1.11. The molecule has 3 rings (SSSR count). The molecule has 26 heavy (non-hydrogen) atoms. The maximum atomic E-state index is 13.2. The van der Waals surface area contributed by atoms with E-state index in [0.717, 1.165) is 11.3 Å². The highest BCUT2D eigenvalue weighted by molar-refractivity contribution is 5.85. The van der Waals surface area contributed by atoms with Crippen LogP contribution in [0.3, 0.4) is 0 Å². The molecule has 1 fully saturated rings. The van der Waals surface area contributed by atoms with Crippen molar-refractivity contribution < 1.29 is 18.0 Å². The van der Waals surface area contributed by atoms with Crippen LogP contribution in [0.2, 0.25) is 0 Å². The first kappa shape index (κ1) is 20.3. The van der Waals surface area contributed by atoms with Crippen LogP contribution in [0.5, 0.6) is 0 Å². The lowest BCUT2D eigenvalue weighted by molar-refractivity contribution is -0.124. The Morgan fingerprint density at radius 2 is 2.04 bits per heavy atom. The number of hydrogen-bond acceptors (Lipinski definition) is 3. The predicted molar refractivity (Wildman–Crippen MR) is 93.4 cm³/mol. The van der Waals surface area contributed by atoms with Gasteiger partial charge in [0.25, 0.3) is 5.92 Å². The molecular formula is C17H20ClF3N4O. The van der Waals surface area contributed by atoms with Gasteiger partial charge in [-0.15, -0.1) is 12.4 Å². The van der Waals surface area contributed by atoms with Gasteiger partial charge in [-0.25, -0.2) is 17.9 Å². The van der Waals surface area contributed by atoms with Gasteiger partial charge in [-0.1, -0.05) is 0 Å². The van der Waals surface area contributed by atoms with Gasteiger partial charge in [0.15, 0.2) is 0 Å². The Bertz CT molecular complexity index is 779. The number of rotatable bonds is 4. The number of nitrogens with zero attached hydrogens (tertiary/aromatic N) is 2. The Morgan fingerprint density at radius 1 is 1.38 bits per heavy atom. The molecule has 0 spiro atoms. The molecule has 0 saturated carbocycles. The summed E-state index contributed by atoms with van der Waals surface area (Å²) in [5.41, 5.74) is 2.24. The van der Waals surface area contributed by atoms with Crippen molar-refractivity contribution in [2.75, 3.05) is 6.54 Å². The summed E-state index contributed by atoms with van der Waals surface area (Å²) in [5, 5.41) is 9.55. The maximum absolute atomic E-state index is 13.2. The van der Waals surface area contributed by atoms with E-state index in [9.17, 15) is 18.0 Å². The summed E-state index contributed by atoms with van der Waals surface area (Å²) in [7, 11) is 0. The van der Waals surface area contributed by atoms with E-state index in [2.05, 4.69) is 15.7 Å². The van der Waals surface area contributed by atoms with Gasteiger partial charge in [0.2, 0.25) is 5.91 Å². The fraction of sp³-hybridized carbons (Fsp3) is 0.412. The van der Waals surface area contributed by atoms with Crippen LogP contribution in [0.15, 0.2) is 30.5 Å². The van der Waals surface area contributed by atoms with Crippen LogP contribution in [-0.2, 0) is 4.79 Å². The zero-order valence-corrected chi connectivity index (χ0v) is 15.1. The fourth-order valence-electron chi connectivity index (χ4n) is 2.98. The molecule has 1 aliphatic heterocycles. The van der Waals surface area contributed by atoms with Crippen molar-refractivity contribution in [2.24, 2.45) is 0 Å². The highest BCUT2D eigenvalue weighted by atomic mass is 35.5. The minimum atomic E-state index is -2.85. The molecule has 142 valence electrons. The molecule has 2 heterocycles. The van der Waals surface area contributed by atoms with Gasteiger partial charge < -0.3 is 5.32 Å². The highest BCUT2D eigenvalue weighted by Gasteiger charge is 2.42. The van der Waals surface area contributed by atoms with Gasteiger partial charge >= 0.3 is 0 Å². The first-order chi connectivity index (χ1) is 11.8. The average molecular weight is 389 g/mol. The first-order valence-electron chi connectivity index (χ1n) is 7.99. The Morgan fingerprint density at radius 3 is 2.62 bits per heavy atom. The van der Waals surface area contributed by atoms with Crippen LogP contribution in [0, 0.1) is 12.7 Å². The Labute approximate surface area is 155 Å². The minimum absolute atomic E-state index is 0. The third kappa shape index (κ3) is 4.19. The number of halogens is 4. The lowest BCUT2D eigenvalue weighted by atomic mass is 10.1. The second-order valence-electron chi connectivity index (χ2n) is 6.30. The van der Waals surface area contributed by atoms with Gasteiger partial charge in [-0.05, 0) is 38.1 Å². The Balaban J connectivity index is 0.00000243. The molecule has 0 aliphatic carbocycles. The summed E-state index contributed by atoms with van der Waals surface area (Å²) in [6, 6.07) is 4.60. The molecule has 9 heteroatoms. The quantitative estimate of drug-likeness (QED) is 0.846. The number of carbonyl (C=O) groups is 1. The van der Waals surface area contributed by atoms with Crippen LogP contribution < -0.4 is 10.6 Å². The van der Waals surface area contributed by atoms with Crippen LogP contribution in [-0.4, -0.2) is 34.2 Å². The van der Waals surface area contributed by atoms with Crippen molar-refractivity contribution in [3.8, 4) is 5.69 Å². The van der Waals surface area contributed by atoms with Crippen LogP contribution in [0.4, 0.5) is 13.2 Å². The molecule has 0 bridgehead atoms. The number of carbonyl (C=O) groups excluding carboxylic acids is 1. The number of hydrogen-bond donors (Lipinski definition) is 2. The lowest BCUT2D eigenvalue weighted by Gasteiger charge is -2.17. The first-order valence-corrected chi connectivity index (χ1v) is 7.99. The average Bonchev–Trinajstić information content (AvgIpc) is 3.11. The number of benzene rings is 1. The van der Waals surface area contributed by atoms with Gasteiger partial charge in [0.05, 0.1) is 30.5 Å². The standard InChI is InChI=1S/C17H19F3N4O.ClH/c1-10(23-16(25)15-7-17(19,20)9-21-15)14-8-22-24(11(14)2)13-5-3-12(18)4-6-13;/h3-6,8,10,15,21H,7,9H2,1-2H3,(H,23,25);1H. The lowest BCUT2D eigenvalue weighted by Crippen LogP contribution is -2.41. The number of alkyl halides is 2. The molecule has 2 aromatic rings. The number of amides is 1. The monoisotopic (exact) mass is 388 g/mol. The van der Waals surface area contributed by atoms with Gasteiger partial charge in [-0.2, -0.15) is 5.10 Å². The number of aromatic nitrogens is 2. The van der Waals surface area contributed by atoms with Crippen molar-refractivity contribution in [1.29, 1.82) is 0 Å². The summed E-state index contributed by atoms with van der Waals surface area (Å²) < 4.78 is 41.1. The third-order valence-electron chi connectivity index (χ3n) is 4.37.